The summed E-state index contributed by atoms with van der Waals surface area (Å²) in [4.78, 5) is 15.2. The molecule has 1 aliphatic heterocycles. The maximum absolute atomic E-state index is 12.7. The van der Waals surface area contributed by atoms with Gasteiger partial charge in [0, 0.05) is 23.2 Å². The van der Waals surface area contributed by atoms with E-state index in [1.54, 1.807) is 18.2 Å². The molecule has 1 aliphatic rings. The van der Waals surface area contributed by atoms with Crippen molar-refractivity contribution >= 4 is 17.5 Å². The molecule has 0 saturated carbocycles. The Morgan fingerprint density at radius 2 is 1.87 bits per heavy atom. The lowest BCUT2D eigenvalue weighted by Crippen LogP contribution is -2.42. The Hall–Kier alpha value is -2.63. The van der Waals surface area contributed by atoms with Crippen LogP contribution in [-0.4, -0.2) is 35.6 Å². The Kier molecular flexibility index (Phi) is 6.50. The van der Waals surface area contributed by atoms with Crippen molar-refractivity contribution in [2.45, 2.75) is 25.8 Å². The van der Waals surface area contributed by atoms with Crippen molar-refractivity contribution in [1.29, 1.82) is 0 Å². The number of piperidine rings is 1. The minimum absolute atomic E-state index is 0.144. The number of hydrogen-bond acceptors (Lipinski definition) is 4. The van der Waals surface area contributed by atoms with Crippen LogP contribution in [0.2, 0.25) is 5.02 Å². The second-order valence-corrected chi connectivity index (χ2v) is 8.37. The second-order valence-electron chi connectivity index (χ2n) is 7.94. The maximum atomic E-state index is 12.7. The number of carbonyl (C=O) groups excluding carboxylic acids is 1. The molecule has 1 fully saturated rings. The Labute approximate surface area is 182 Å². The van der Waals surface area contributed by atoms with Crippen molar-refractivity contribution in [3.63, 3.8) is 0 Å². The average molecular weight is 424 g/mol. The van der Waals surface area contributed by atoms with Crippen LogP contribution in [0.5, 0.6) is 0 Å². The van der Waals surface area contributed by atoms with Gasteiger partial charge < -0.3 is 9.84 Å². The summed E-state index contributed by atoms with van der Waals surface area (Å²) < 4.78 is 5.37. The molecule has 5 nitrogen and oxygen atoms in total. The van der Waals surface area contributed by atoms with Crippen LogP contribution < -0.4 is 5.32 Å². The van der Waals surface area contributed by atoms with Gasteiger partial charge in [0.1, 0.15) is 0 Å². The molecule has 0 spiro atoms. The van der Waals surface area contributed by atoms with Crippen LogP contribution in [-0.2, 0) is 0 Å². The van der Waals surface area contributed by atoms with E-state index in [0.29, 0.717) is 17.3 Å². The van der Waals surface area contributed by atoms with Crippen LogP contribution >= 0.6 is 11.6 Å². The van der Waals surface area contributed by atoms with E-state index in [-0.39, 0.29) is 17.6 Å². The molecule has 1 atom stereocenters. The van der Waals surface area contributed by atoms with E-state index >= 15 is 0 Å². The predicted octanol–water partition coefficient (Wildman–Crippen LogP) is 5.20. The molecule has 4 rings (SSSR count). The summed E-state index contributed by atoms with van der Waals surface area (Å²) >= 11 is 5.93. The highest BCUT2D eigenvalue weighted by Crippen LogP contribution is 2.27. The van der Waals surface area contributed by atoms with Crippen molar-refractivity contribution in [3.8, 4) is 11.3 Å². The summed E-state index contributed by atoms with van der Waals surface area (Å²) in [6.45, 7) is 4.92. The molecule has 1 N–H and O–H groups in total. The third-order valence-corrected chi connectivity index (χ3v) is 6.02. The van der Waals surface area contributed by atoms with Crippen molar-refractivity contribution in [3.05, 3.63) is 76.9 Å². The smallest absolute Gasteiger partial charge is 0.273 e. The zero-order valence-corrected chi connectivity index (χ0v) is 17.8. The van der Waals surface area contributed by atoms with Gasteiger partial charge in [0.2, 0.25) is 0 Å². The Morgan fingerprint density at radius 3 is 2.57 bits per heavy atom. The van der Waals surface area contributed by atoms with Crippen LogP contribution in [0.25, 0.3) is 11.3 Å². The first-order chi connectivity index (χ1) is 14.6. The number of benzene rings is 2. The van der Waals surface area contributed by atoms with Crippen LogP contribution in [0.4, 0.5) is 0 Å². The minimum Gasteiger partial charge on any atom is -0.355 e. The Bertz CT molecular complexity index is 964. The molecule has 3 aromatic rings. The lowest BCUT2D eigenvalue weighted by Gasteiger charge is -2.37. The molecule has 0 unspecified atom stereocenters. The number of halogens is 1. The largest absolute Gasteiger partial charge is 0.355 e. The quantitative estimate of drug-likeness (QED) is 0.592. The van der Waals surface area contributed by atoms with Gasteiger partial charge in [-0.1, -0.05) is 54.0 Å². The molecule has 6 heteroatoms. The number of nitrogens with zero attached hydrogens (tertiary/aromatic N) is 2. The first-order valence-corrected chi connectivity index (χ1v) is 10.8. The van der Waals surface area contributed by atoms with Gasteiger partial charge >= 0.3 is 0 Å². The van der Waals surface area contributed by atoms with Crippen molar-refractivity contribution in [2.24, 2.45) is 5.92 Å². The summed E-state index contributed by atoms with van der Waals surface area (Å²) in [6.07, 6.45) is 2.37. The van der Waals surface area contributed by atoms with Crippen LogP contribution in [0, 0.1) is 5.92 Å². The number of hydrogen-bond donors (Lipinski definition) is 1. The van der Waals surface area contributed by atoms with Gasteiger partial charge in [0.25, 0.3) is 5.91 Å². The zero-order chi connectivity index (χ0) is 20.9. The number of carbonyl (C=O) groups is 1. The van der Waals surface area contributed by atoms with Crippen molar-refractivity contribution < 1.29 is 9.32 Å². The van der Waals surface area contributed by atoms with Crippen molar-refractivity contribution in [2.75, 3.05) is 19.6 Å². The summed E-state index contributed by atoms with van der Waals surface area (Å²) in [7, 11) is 0. The van der Waals surface area contributed by atoms with Crippen LogP contribution in [0.1, 0.15) is 41.9 Å². The molecule has 0 aliphatic carbocycles. The second kappa shape index (κ2) is 9.45. The molecule has 30 heavy (non-hydrogen) atoms. The van der Waals surface area contributed by atoms with E-state index in [2.05, 4.69) is 34.4 Å². The Morgan fingerprint density at radius 1 is 1.17 bits per heavy atom. The summed E-state index contributed by atoms with van der Waals surface area (Å²) in [5, 5.41) is 7.66. The SMILES string of the molecule is CC1CCN([C@@H](CNC(=O)c2cc(-c3ccc(Cl)cc3)on2)c2ccccc2)CC1. The van der Waals surface area contributed by atoms with E-state index in [1.807, 2.05) is 30.3 Å². The van der Waals surface area contributed by atoms with Crippen LogP contribution in [0.15, 0.2) is 65.2 Å². The topological polar surface area (TPSA) is 58.4 Å². The molecule has 2 heterocycles. The first-order valence-electron chi connectivity index (χ1n) is 10.4. The molecule has 156 valence electrons. The third-order valence-electron chi connectivity index (χ3n) is 5.77. The molecular formula is C24H26ClN3O2. The van der Waals surface area contributed by atoms with E-state index in [0.717, 1.165) is 24.6 Å². The number of likely N-dealkylation sites (tertiary alicyclic amines) is 1. The highest BCUT2D eigenvalue weighted by Gasteiger charge is 2.25. The summed E-state index contributed by atoms with van der Waals surface area (Å²) in [5.41, 5.74) is 2.32. The molecule has 0 radical (unpaired) electrons. The number of nitrogens with one attached hydrogen (secondary N) is 1. The molecule has 1 aromatic heterocycles. The van der Waals surface area contributed by atoms with Gasteiger partial charge in [-0.3, -0.25) is 9.69 Å². The van der Waals surface area contributed by atoms with Gasteiger partial charge in [-0.2, -0.15) is 0 Å². The molecule has 1 saturated heterocycles. The Balaban J connectivity index is 1.44. The fourth-order valence-corrected chi connectivity index (χ4v) is 4.01. The molecule has 2 aromatic carbocycles. The average Bonchev–Trinajstić information content (AvgIpc) is 3.27. The molecule has 1 amide bonds. The van der Waals surface area contributed by atoms with Gasteiger partial charge in [0.05, 0.1) is 6.04 Å². The van der Waals surface area contributed by atoms with Gasteiger partial charge in [0.15, 0.2) is 11.5 Å². The highest BCUT2D eigenvalue weighted by atomic mass is 35.5. The fraction of sp³-hybridized carbons (Fsp3) is 0.333. The van der Waals surface area contributed by atoms with E-state index in [4.69, 9.17) is 16.1 Å². The van der Waals surface area contributed by atoms with Gasteiger partial charge in [-0.15, -0.1) is 0 Å². The minimum atomic E-state index is -0.231. The monoisotopic (exact) mass is 423 g/mol. The predicted molar refractivity (Wildman–Crippen MR) is 118 cm³/mol. The number of rotatable bonds is 6. The van der Waals surface area contributed by atoms with Gasteiger partial charge in [-0.25, -0.2) is 0 Å². The van der Waals surface area contributed by atoms with Crippen LogP contribution in [0.3, 0.4) is 0 Å². The lowest BCUT2D eigenvalue weighted by molar-refractivity contribution is 0.0904. The third kappa shape index (κ3) is 4.91. The fourth-order valence-electron chi connectivity index (χ4n) is 3.89. The molecular weight excluding hydrogens is 398 g/mol. The lowest BCUT2D eigenvalue weighted by atomic mass is 9.95. The highest BCUT2D eigenvalue weighted by molar-refractivity contribution is 6.30. The molecule has 0 bridgehead atoms. The maximum Gasteiger partial charge on any atom is 0.273 e. The van der Waals surface area contributed by atoms with E-state index in [9.17, 15) is 4.79 Å². The van der Waals surface area contributed by atoms with Crippen molar-refractivity contribution in [1.82, 2.24) is 15.4 Å². The van der Waals surface area contributed by atoms with E-state index < -0.39 is 0 Å². The standard InChI is InChI=1S/C24H26ClN3O2/c1-17-11-13-28(14-12-17)22(18-5-3-2-4-6-18)16-26-24(29)21-15-23(30-27-21)19-7-9-20(25)10-8-19/h2-10,15,17,22H,11-14,16H2,1H3,(H,26,29)/t22-/m0/s1. The zero-order valence-electron chi connectivity index (χ0n) is 17.1. The first kappa shape index (κ1) is 20.6. The summed E-state index contributed by atoms with van der Waals surface area (Å²) in [6, 6.07) is 19.4. The number of aromatic nitrogens is 1. The normalized spacial score (nSPS) is 16.3. The number of amides is 1. The van der Waals surface area contributed by atoms with E-state index in [1.165, 1.54) is 18.4 Å². The van der Waals surface area contributed by atoms with Gasteiger partial charge in [-0.05, 0) is 61.7 Å². The summed E-state index contributed by atoms with van der Waals surface area (Å²) in [5.74, 6) is 1.07.